The van der Waals surface area contributed by atoms with E-state index in [1.165, 1.54) is 5.56 Å². The number of benzene rings is 1. The van der Waals surface area contributed by atoms with Crippen molar-refractivity contribution in [1.29, 1.82) is 0 Å². The molecule has 2 aliphatic heterocycles. The topological polar surface area (TPSA) is 70.6 Å². The van der Waals surface area contributed by atoms with Crippen LogP contribution in [-0.4, -0.2) is 45.5 Å². The van der Waals surface area contributed by atoms with Crippen LogP contribution in [0, 0.1) is 23.7 Å². The average Bonchev–Trinajstić information content (AvgIpc) is 3.35. The van der Waals surface area contributed by atoms with E-state index in [2.05, 4.69) is 45.1 Å². The van der Waals surface area contributed by atoms with Gasteiger partial charge in [0.05, 0.1) is 19.6 Å². The highest BCUT2D eigenvalue weighted by Crippen LogP contribution is 2.39. The van der Waals surface area contributed by atoms with Crippen molar-refractivity contribution < 1.29 is 29.1 Å². The monoisotopic (exact) mass is 434 g/mol. The third kappa shape index (κ3) is 5.53. The molecule has 0 amide bonds. The third-order valence-corrected chi connectivity index (χ3v) is 6.98. The van der Waals surface area contributed by atoms with Gasteiger partial charge < -0.3 is 24.3 Å². The highest BCUT2D eigenvalue weighted by Gasteiger charge is 2.49. The van der Waals surface area contributed by atoms with Crippen molar-refractivity contribution in [3.05, 3.63) is 23.8 Å². The van der Waals surface area contributed by atoms with Crippen molar-refractivity contribution in [3.8, 4) is 11.5 Å². The molecule has 2 unspecified atom stereocenters. The minimum absolute atomic E-state index is 0.00848. The van der Waals surface area contributed by atoms with Gasteiger partial charge in [0, 0.05) is 44.5 Å². The Kier molecular flexibility index (Phi) is 8.23. The lowest BCUT2D eigenvalue weighted by molar-refractivity contribution is -0.716. The van der Waals surface area contributed by atoms with E-state index in [9.17, 15) is 4.79 Å². The van der Waals surface area contributed by atoms with Gasteiger partial charge in [0.25, 0.3) is 0 Å². The number of ether oxygens (including phenoxy) is 4. The van der Waals surface area contributed by atoms with E-state index in [-0.39, 0.29) is 18.0 Å². The standard InChI is InChI=1S/C25H39NO5/c1-15(2)18-13-20(22-14-19(16(3)4)25(27)31-22)26-24(18)17-8-9-21(29-6)23(12-17)30-11-7-10-28-5/h8-9,12,15-16,18-20,22,24,26H,7,10-11,13-14H2,1-6H3/p+1/t18-,19-,20?,22-,24?/m0/s1. The molecular weight excluding hydrogens is 394 g/mol. The molecule has 0 aromatic heterocycles. The van der Waals surface area contributed by atoms with Crippen LogP contribution in [0.5, 0.6) is 11.5 Å². The second kappa shape index (κ2) is 10.7. The van der Waals surface area contributed by atoms with Crippen LogP contribution < -0.4 is 14.8 Å². The van der Waals surface area contributed by atoms with Crippen molar-refractivity contribution >= 4 is 5.97 Å². The molecule has 31 heavy (non-hydrogen) atoms. The van der Waals surface area contributed by atoms with Crippen molar-refractivity contribution in [2.45, 2.75) is 65.1 Å². The van der Waals surface area contributed by atoms with E-state index in [0.717, 1.165) is 30.8 Å². The van der Waals surface area contributed by atoms with E-state index in [4.69, 9.17) is 18.9 Å². The van der Waals surface area contributed by atoms with Gasteiger partial charge in [0.1, 0.15) is 12.1 Å². The Morgan fingerprint density at radius 1 is 1.06 bits per heavy atom. The van der Waals surface area contributed by atoms with E-state index >= 15 is 0 Å². The summed E-state index contributed by atoms with van der Waals surface area (Å²) < 4.78 is 22.5. The van der Waals surface area contributed by atoms with Gasteiger partial charge in [-0.25, -0.2) is 0 Å². The number of carbonyl (C=O) groups excluding carboxylic acids is 1. The maximum absolute atomic E-state index is 12.3. The lowest BCUT2D eigenvalue weighted by Gasteiger charge is -2.21. The van der Waals surface area contributed by atoms with E-state index in [1.807, 2.05) is 6.07 Å². The molecular formula is C25H40NO5+. The Bertz CT molecular complexity index is 735. The lowest BCUT2D eigenvalue weighted by atomic mass is 9.83. The Morgan fingerprint density at radius 3 is 2.45 bits per heavy atom. The molecule has 0 radical (unpaired) electrons. The molecule has 2 N–H and O–H groups in total. The van der Waals surface area contributed by atoms with Crippen molar-refractivity contribution in [1.82, 2.24) is 0 Å². The Hall–Kier alpha value is -1.79. The molecule has 2 aliphatic rings. The molecule has 5 atom stereocenters. The number of cyclic esters (lactones) is 1. The molecule has 1 aromatic rings. The number of carbonyl (C=O) groups is 1. The van der Waals surface area contributed by atoms with Gasteiger partial charge in [-0.05, 0) is 30.0 Å². The number of hydrogen-bond acceptors (Lipinski definition) is 5. The third-order valence-electron chi connectivity index (χ3n) is 6.98. The molecule has 0 bridgehead atoms. The molecule has 6 heteroatoms. The Labute approximate surface area is 187 Å². The minimum atomic E-state index is -0.0193. The fourth-order valence-corrected chi connectivity index (χ4v) is 5.11. The molecule has 2 saturated heterocycles. The van der Waals surface area contributed by atoms with Crippen LogP contribution in [0.15, 0.2) is 18.2 Å². The number of quaternary nitrogens is 1. The number of esters is 1. The van der Waals surface area contributed by atoms with Crippen molar-refractivity contribution in [3.63, 3.8) is 0 Å². The second-order valence-corrected chi connectivity index (χ2v) is 9.69. The number of nitrogens with two attached hydrogens (primary N) is 1. The fraction of sp³-hybridized carbons (Fsp3) is 0.720. The van der Waals surface area contributed by atoms with E-state index < -0.39 is 0 Å². The summed E-state index contributed by atoms with van der Waals surface area (Å²) in [7, 11) is 3.37. The maximum atomic E-state index is 12.3. The summed E-state index contributed by atoms with van der Waals surface area (Å²) in [5.41, 5.74) is 1.24. The van der Waals surface area contributed by atoms with Gasteiger partial charge in [-0.3, -0.25) is 4.79 Å². The first-order valence-electron chi connectivity index (χ1n) is 11.7. The van der Waals surface area contributed by atoms with Crippen LogP contribution in [0.25, 0.3) is 0 Å². The SMILES string of the molecule is COCCCOc1cc(C2[NH2+]C([C@@H]3C[C@@H](C(C)C)C(=O)O3)C[C@H]2C(C)C)ccc1OC. The van der Waals surface area contributed by atoms with Gasteiger partial charge in [0.15, 0.2) is 17.6 Å². The minimum Gasteiger partial charge on any atom is -0.493 e. The summed E-state index contributed by atoms with van der Waals surface area (Å²) in [4.78, 5) is 12.3. The zero-order chi connectivity index (χ0) is 22.5. The maximum Gasteiger partial charge on any atom is 0.309 e. The van der Waals surface area contributed by atoms with Crippen LogP contribution in [0.1, 0.15) is 58.6 Å². The van der Waals surface area contributed by atoms with Gasteiger partial charge in [-0.2, -0.15) is 0 Å². The molecule has 2 fully saturated rings. The second-order valence-electron chi connectivity index (χ2n) is 9.69. The van der Waals surface area contributed by atoms with Gasteiger partial charge in [-0.15, -0.1) is 0 Å². The molecule has 0 aliphatic carbocycles. The first kappa shape index (κ1) is 23.9. The van der Waals surface area contributed by atoms with Crippen LogP contribution in [0.3, 0.4) is 0 Å². The zero-order valence-electron chi connectivity index (χ0n) is 19.9. The summed E-state index contributed by atoms with van der Waals surface area (Å²) in [5, 5.41) is 2.43. The number of methoxy groups -OCH3 is 2. The van der Waals surface area contributed by atoms with Gasteiger partial charge in [0.2, 0.25) is 0 Å². The van der Waals surface area contributed by atoms with Crippen molar-refractivity contribution in [2.24, 2.45) is 23.7 Å². The summed E-state index contributed by atoms with van der Waals surface area (Å²) >= 11 is 0. The summed E-state index contributed by atoms with van der Waals surface area (Å²) in [5.74, 6) is 2.92. The highest BCUT2D eigenvalue weighted by atomic mass is 16.6. The zero-order valence-corrected chi connectivity index (χ0v) is 19.9. The Balaban J connectivity index is 1.76. The molecule has 0 saturated carbocycles. The quantitative estimate of drug-likeness (QED) is 0.452. The number of hydrogen-bond donors (Lipinski definition) is 1. The Morgan fingerprint density at radius 2 is 1.84 bits per heavy atom. The number of rotatable bonds is 10. The average molecular weight is 435 g/mol. The molecule has 1 aromatic carbocycles. The van der Waals surface area contributed by atoms with E-state index in [0.29, 0.717) is 43.1 Å². The highest BCUT2D eigenvalue weighted by molar-refractivity contribution is 5.75. The first-order valence-corrected chi connectivity index (χ1v) is 11.7. The lowest BCUT2D eigenvalue weighted by Crippen LogP contribution is -2.90. The molecule has 0 spiro atoms. The molecule has 2 heterocycles. The first-order chi connectivity index (χ1) is 14.8. The predicted octanol–water partition coefficient (Wildman–Crippen LogP) is 3.35. The van der Waals surface area contributed by atoms with Crippen LogP contribution >= 0.6 is 0 Å². The predicted molar refractivity (Wildman–Crippen MR) is 119 cm³/mol. The fourth-order valence-electron chi connectivity index (χ4n) is 5.11. The van der Waals surface area contributed by atoms with Crippen LogP contribution in [-0.2, 0) is 14.3 Å². The van der Waals surface area contributed by atoms with Crippen molar-refractivity contribution in [2.75, 3.05) is 27.4 Å². The van der Waals surface area contributed by atoms with E-state index in [1.54, 1.807) is 14.2 Å². The molecule has 3 rings (SSSR count). The van der Waals surface area contributed by atoms with Gasteiger partial charge in [-0.1, -0.05) is 27.7 Å². The van der Waals surface area contributed by atoms with Gasteiger partial charge >= 0.3 is 5.97 Å². The molecule has 6 nitrogen and oxygen atoms in total. The molecule has 174 valence electrons. The normalized spacial score (nSPS) is 28.4. The van der Waals surface area contributed by atoms with Crippen LogP contribution in [0.2, 0.25) is 0 Å². The summed E-state index contributed by atoms with van der Waals surface area (Å²) in [6.07, 6.45) is 2.74. The van der Waals surface area contributed by atoms with Crippen LogP contribution in [0.4, 0.5) is 0 Å². The smallest absolute Gasteiger partial charge is 0.309 e. The summed E-state index contributed by atoms with van der Waals surface area (Å²) in [6, 6.07) is 6.90. The summed E-state index contributed by atoms with van der Waals surface area (Å²) in [6.45, 7) is 10.1. The largest absolute Gasteiger partial charge is 0.493 e.